The standard InChI is InChI=1S/C17H23NO4S/c19-16(8-11-23-14-4-2-1-3-5-14)18-12-15(17(20)21)13-6-9-22-10-7-13/h1-5,13,15H,6-12H2,(H,18,19)(H,20,21). The molecule has 1 amide bonds. The van der Waals surface area contributed by atoms with Gasteiger partial charge >= 0.3 is 5.97 Å². The number of ether oxygens (including phenoxy) is 1. The summed E-state index contributed by atoms with van der Waals surface area (Å²) in [6.45, 7) is 1.42. The lowest BCUT2D eigenvalue weighted by Crippen LogP contribution is -2.39. The molecule has 1 saturated heterocycles. The summed E-state index contributed by atoms with van der Waals surface area (Å²) < 4.78 is 5.27. The zero-order valence-corrected chi connectivity index (χ0v) is 13.9. The van der Waals surface area contributed by atoms with Gasteiger partial charge in [0.2, 0.25) is 5.91 Å². The number of benzene rings is 1. The van der Waals surface area contributed by atoms with E-state index < -0.39 is 11.9 Å². The first-order valence-electron chi connectivity index (χ1n) is 7.92. The lowest BCUT2D eigenvalue weighted by Gasteiger charge is -2.27. The van der Waals surface area contributed by atoms with Crippen molar-refractivity contribution in [3.05, 3.63) is 30.3 Å². The van der Waals surface area contributed by atoms with Crippen molar-refractivity contribution < 1.29 is 19.4 Å². The van der Waals surface area contributed by atoms with Gasteiger partial charge in [0.25, 0.3) is 0 Å². The summed E-state index contributed by atoms with van der Waals surface area (Å²) >= 11 is 1.62. The number of rotatable bonds is 8. The van der Waals surface area contributed by atoms with E-state index in [2.05, 4.69) is 5.32 Å². The van der Waals surface area contributed by atoms with Crippen molar-refractivity contribution in [3.63, 3.8) is 0 Å². The van der Waals surface area contributed by atoms with Crippen molar-refractivity contribution in [2.75, 3.05) is 25.5 Å². The SMILES string of the molecule is O=C(CCSc1ccccc1)NCC(C(=O)O)C1CCOCC1. The molecule has 0 aromatic heterocycles. The molecule has 0 saturated carbocycles. The highest BCUT2D eigenvalue weighted by Crippen LogP contribution is 2.24. The van der Waals surface area contributed by atoms with Gasteiger partial charge in [-0.3, -0.25) is 9.59 Å². The molecule has 1 aromatic rings. The first-order valence-corrected chi connectivity index (χ1v) is 8.90. The van der Waals surface area contributed by atoms with Crippen molar-refractivity contribution >= 4 is 23.6 Å². The Labute approximate surface area is 140 Å². The van der Waals surface area contributed by atoms with Crippen LogP contribution in [0.3, 0.4) is 0 Å². The molecule has 1 atom stereocenters. The van der Waals surface area contributed by atoms with Gasteiger partial charge in [0.05, 0.1) is 5.92 Å². The number of hydrogen-bond acceptors (Lipinski definition) is 4. The largest absolute Gasteiger partial charge is 0.481 e. The van der Waals surface area contributed by atoms with Crippen molar-refractivity contribution in [1.82, 2.24) is 5.32 Å². The first-order chi connectivity index (χ1) is 11.2. The number of carboxylic acids is 1. The fraction of sp³-hybridized carbons (Fsp3) is 0.529. The maximum absolute atomic E-state index is 11.9. The fourth-order valence-electron chi connectivity index (χ4n) is 2.66. The van der Waals surface area contributed by atoms with Crippen LogP contribution in [0, 0.1) is 11.8 Å². The summed E-state index contributed by atoms with van der Waals surface area (Å²) in [5, 5.41) is 12.1. The van der Waals surface area contributed by atoms with Gasteiger partial charge in [-0.15, -0.1) is 11.8 Å². The van der Waals surface area contributed by atoms with Gasteiger partial charge in [0.15, 0.2) is 0 Å². The third kappa shape index (κ3) is 6.23. The number of carboxylic acid groups (broad SMARTS) is 1. The number of hydrogen-bond donors (Lipinski definition) is 2. The lowest BCUT2D eigenvalue weighted by molar-refractivity contribution is -0.144. The van der Waals surface area contributed by atoms with Crippen molar-refractivity contribution in [1.29, 1.82) is 0 Å². The Kier molecular flexibility index (Phi) is 7.42. The predicted octanol–water partition coefficient (Wildman–Crippen LogP) is 2.41. The Morgan fingerprint density at radius 3 is 2.61 bits per heavy atom. The van der Waals surface area contributed by atoms with Crippen LogP contribution < -0.4 is 5.32 Å². The van der Waals surface area contributed by atoms with Gasteiger partial charge in [-0.1, -0.05) is 18.2 Å². The summed E-state index contributed by atoms with van der Waals surface area (Å²) in [6, 6.07) is 9.91. The molecule has 126 valence electrons. The minimum atomic E-state index is -0.837. The second-order valence-electron chi connectivity index (χ2n) is 5.61. The first kappa shape index (κ1) is 17.8. The molecule has 0 radical (unpaired) electrons. The van der Waals surface area contributed by atoms with Crippen LogP contribution in [-0.2, 0) is 14.3 Å². The second kappa shape index (κ2) is 9.57. The molecule has 1 aromatic carbocycles. The van der Waals surface area contributed by atoms with Crippen LogP contribution in [0.2, 0.25) is 0 Å². The minimum Gasteiger partial charge on any atom is -0.481 e. The zero-order chi connectivity index (χ0) is 16.5. The van der Waals surface area contributed by atoms with E-state index in [-0.39, 0.29) is 18.4 Å². The van der Waals surface area contributed by atoms with Gasteiger partial charge < -0.3 is 15.2 Å². The Bertz CT molecular complexity index is 503. The Morgan fingerprint density at radius 1 is 1.26 bits per heavy atom. The Hall–Kier alpha value is -1.53. The Morgan fingerprint density at radius 2 is 1.96 bits per heavy atom. The van der Waals surface area contributed by atoms with E-state index >= 15 is 0 Å². The van der Waals surface area contributed by atoms with Crippen LogP contribution in [0.15, 0.2) is 35.2 Å². The van der Waals surface area contributed by atoms with E-state index in [9.17, 15) is 14.7 Å². The van der Waals surface area contributed by atoms with Gasteiger partial charge in [0.1, 0.15) is 0 Å². The maximum Gasteiger partial charge on any atom is 0.308 e. The van der Waals surface area contributed by atoms with E-state index in [0.29, 0.717) is 25.4 Å². The van der Waals surface area contributed by atoms with Crippen molar-refractivity contribution in [3.8, 4) is 0 Å². The molecule has 1 heterocycles. The number of aliphatic carboxylic acids is 1. The topological polar surface area (TPSA) is 75.6 Å². The zero-order valence-electron chi connectivity index (χ0n) is 13.1. The molecule has 6 heteroatoms. The van der Waals surface area contributed by atoms with Crippen molar-refractivity contribution in [2.45, 2.75) is 24.2 Å². The van der Waals surface area contributed by atoms with Crippen LogP contribution in [0.4, 0.5) is 0 Å². The fourth-order valence-corrected chi connectivity index (χ4v) is 3.54. The summed E-state index contributed by atoms with van der Waals surface area (Å²) in [7, 11) is 0. The average molecular weight is 337 g/mol. The normalized spacial score (nSPS) is 16.7. The van der Waals surface area contributed by atoms with Crippen LogP contribution in [0.1, 0.15) is 19.3 Å². The molecule has 2 N–H and O–H groups in total. The molecule has 2 rings (SSSR count). The van der Waals surface area contributed by atoms with Gasteiger partial charge in [-0.2, -0.15) is 0 Å². The second-order valence-corrected chi connectivity index (χ2v) is 6.78. The number of carbonyl (C=O) groups is 2. The van der Waals surface area contributed by atoms with Crippen LogP contribution in [0.25, 0.3) is 0 Å². The maximum atomic E-state index is 11.9. The minimum absolute atomic E-state index is 0.0836. The van der Waals surface area contributed by atoms with E-state index in [0.717, 1.165) is 17.7 Å². The van der Waals surface area contributed by atoms with Gasteiger partial charge in [-0.25, -0.2) is 0 Å². The highest BCUT2D eigenvalue weighted by molar-refractivity contribution is 7.99. The smallest absolute Gasteiger partial charge is 0.308 e. The van der Waals surface area contributed by atoms with Gasteiger partial charge in [0, 0.05) is 36.8 Å². The molecule has 1 unspecified atom stereocenters. The molecule has 5 nitrogen and oxygen atoms in total. The molecule has 0 spiro atoms. The third-order valence-electron chi connectivity index (χ3n) is 4.01. The predicted molar refractivity (Wildman–Crippen MR) is 89.5 cm³/mol. The number of thioether (sulfide) groups is 1. The van der Waals surface area contributed by atoms with E-state index in [1.165, 1.54) is 0 Å². The summed E-state index contributed by atoms with van der Waals surface area (Å²) in [4.78, 5) is 24.4. The number of amides is 1. The molecular weight excluding hydrogens is 314 g/mol. The molecule has 1 fully saturated rings. The van der Waals surface area contributed by atoms with E-state index in [1.54, 1.807) is 11.8 Å². The van der Waals surface area contributed by atoms with Crippen LogP contribution in [0.5, 0.6) is 0 Å². The van der Waals surface area contributed by atoms with Crippen LogP contribution >= 0.6 is 11.8 Å². The lowest BCUT2D eigenvalue weighted by atomic mass is 9.86. The quantitative estimate of drug-likeness (QED) is 0.713. The molecule has 23 heavy (non-hydrogen) atoms. The monoisotopic (exact) mass is 337 g/mol. The summed E-state index contributed by atoms with van der Waals surface area (Å²) in [5.41, 5.74) is 0. The average Bonchev–Trinajstić information content (AvgIpc) is 2.57. The highest BCUT2D eigenvalue weighted by atomic mass is 32.2. The summed E-state index contributed by atoms with van der Waals surface area (Å²) in [5.74, 6) is -0.683. The van der Waals surface area contributed by atoms with Gasteiger partial charge in [-0.05, 0) is 30.9 Å². The van der Waals surface area contributed by atoms with E-state index in [1.807, 2.05) is 30.3 Å². The molecular formula is C17H23NO4S. The number of nitrogens with one attached hydrogen (secondary N) is 1. The molecule has 1 aliphatic heterocycles. The molecule has 0 bridgehead atoms. The summed E-state index contributed by atoms with van der Waals surface area (Å²) in [6.07, 6.45) is 1.88. The number of carbonyl (C=O) groups excluding carboxylic acids is 1. The van der Waals surface area contributed by atoms with Crippen molar-refractivity contribution in [2.24, 2.45) is 11.8 Å². The molecule has 1 aliphatic rings. The molecule has 0 aliphatic carbocycles. The highest BCUT2D eigenvalue weighted by Gasteiger charge is 2.29. The Balaban J connectivity index is 1.70. The van der Waals surface area contributed by atoms with E-state index in [4.69, 9.17) is 4.74 Å². The third-order valence-corrected chi connectivity index (χ3v) is 5.03. The van der Waals surface area contributed by atoms with Crippen LogP contribution in [-0.4, -0.2) is 42.5 Å².